The summed E-state index contributed by atoms with van der Waals surface area (Å²) in [5.74, 6) is 1.00. The van der Waals surface area contributed by atoms with E-state index < -0.39 is 0 Å². The molecule has 1 aromatic carbocycles. The molecule has 1 fully saturated rings. The second-order valence-corrected chi connectivity index (χ2v) is 7.55. The molecule has 1 spiro atoms. The summed E-state index contributed by atoms with van der Waals surface area (Å²) in [5.41, 5.74) is 5.95. The molecule has 24 heavy (non-hydrogen) atoms. The van der Waals surface area contributed by atoms with Crippen molar-refractivity contribution in [3.05, 3.63) is 42.1 Å². The largest absolute Gasteiger partial charge is 0.496 e. The van der Waals surface area contributed by atoms with E-state index in [9.17, 15) is 0 Å². The molecule has 0 saturated heterocycles. The Kier molecular flexibility index (Phi) is 3.75. The third-order valence-corrected chi connectivity index (χ3v) is 5.96. The number of allylic oxidation sites excluding steroid dienone is 1. The fourth-order valence-electron chi connectivity index (χ4n) is 4.30. The summed E-state index contributed by atoms with van der Waals surface area (Å²) in [6, 6.07) is 4.34. The second-order valence-electron chi connectivity index (χ2n) is 7.55. The lowest BCUT2D eigenvalue weighted by atomic mass is 9.90. The van der Waals surface area contributed by atoms with Gasteiger partial charge in [-0.1, -0.05) is 6.08 Å². The van der Waals surface area contributed by atoms with E-state index in [2.05, 4.69) is 41.3 Å². The Balaban J connectivity index is 1.76. The van der Waals surface area contributed by atoms with E-state index in [4.69, 9.17) is 4.74 Å². The molecule has 2 aliphatic rings. The number of aromatic nitrogens is 1. The number of fused-ring (bicyclic) bond motifs is 1. The predicted molar refractivity (Wildman–Crippen MR) is 99.1 cm³/mol. The van der Waals surface area contributed by atoms with Gasteiger partial charge in [0, 0.05) is 36.4 Å². The summed E-state index contributed by atoms with van der Waals surface area (Å²) >= 11 is 0. The summed E-state index contributed by atoms with van der Waals surface area (Å²) in [6.45, 7) is 8.20. The summed E-state index contributed by atoms with van der Waals surface area (Å²) in [5, 5.41) is 1.29. The number of aryl methyl sites for hydroxylation is 1. The van der Waals surface area contributed by atoms with E-state index >= 15 is 0 Å². The lowest BCUT2D eigenvalue weighted by Gasteiger charge is -2.23. The average molecular weight is 323 g/mol. The Morgan fingerprint density at radius 3 is 2.92 bits per heavy atom. The summed E-state index contributed by atoms with van der Waals surface area (Å²) in [4.78, 5) is 3.38. The van der Waals surface area contributed by atoms with E-state index in [0.29, 0.717) is 5.41 Å². The highest BCUT2D eigenvalue weighted by atomic mass is 16.5. The molecule has 0 atom stereocenters. The molecule has 1 aliphatic heterocycles. The van der Waals surface area contributed by atoms with Gasteiger partial charge in [0.05, 0.1) is 12.7 Å². The van der Waals surface area contributed by atoms with Gasteiger partial charge in [-0.15, -0.1) is 6.58 Å². The Morgan fingerprint density at radius 2 is 2.21 bits per heavy atom. The van der Waals surface area contributed by atoms with Crippen LogP contribution >= 0.6 is 0 Å². The van der Waals surface area contributed by atoms with Crippen molar-refractivity contribution < 1.29 is 9.31 Å². The minimum absolute atomic E-state index is 0.635. The first-order valence-corrected chi connectivity index (χ1v) is 9.00. The first-order valence-electron chi connectivity index (χ1n) is 9.00. The zero-order chi connectivity index (χ0) is 16.7. The molecule has 0 radical (unpaired) electrons. The van der Waals surface area contributed by atoms with Gasteiger partial charge in [-0.3, -0.25) is 0 Å². The second kappa shape index (κ2) is 5.80. The zero-order valence-corrected chi connectivity index (χ0v) is 14.8. The maximum Gasteiger partial charge on any atom is 0.172 e. The molecule has 0 bridgehead atoms. The van der Waals surface area contributed by atoms with E-state index in [0.717, 1.165) is 25.3 Å². The Bertz CT molecular complexity index is 824. The zero-order valence-electron chi connectivity index (χ0n) is 14.8. The van der Waals surface area contributed by atoms with Crippen molar-refractivity contribution in [1.29, 1.82) is 0 Å². The maximum absolute atomic E-state index is 5.72. The molecule has 1 N–H and O–H groups in total. The SMILES string of the molecule is C=CCC1=[N+](Cc2c(OC)cc(C)c3[nH]ccc23)CCC2(CC2)C1. The van der Waals surface area contributed by atoms with E-state index in [1.165, 1.54) is 47.7 Å². The molecule has 3 nitrogen and oxygen atoms in total. The van der Waals surface area contributed by atoms with Gasteiger partial charge in [0.2, 0.25) is 0 Å². The summed E-state index contributed by atoms with van der Waals surface area (Å²) < 4.78 is 8.30. The lowest BCUT2D eigenvalue weighted by Crippen LogP contribution is -2.31. The van der Waals surface area contributed by atoms with Crippen molar-refractivity contribution in [1.82, 2.24) is 4.98 Å². The molecule has 4 rings (SSSR count). The summed E-state index contributed by atoms with van der Waals surface area (Å²) in [7, 11) is 1.78. The highest BCUT2D eigenvalue weighted by molar-refractivity contribution is 5.88. The fraction of sp³-hybridized carbons (Fsp3) is 0.476. The van der Waals surface area contributed by atoms with Crippen LogP contribution in [0.3, 0.4) is 0 Å². The van der Waals surface area contributed by atoms with Crippen LogP contribution in [0.2, 0.25) is 0 Å². The molecule has 126 valence electrons. The number of aromatic amines is 1. The molecule has 0 unspecified atom stereocenters. The van der Waals surface area contributed by atoms with Crippen LogP contribution in [0.4, 0.5) is 0 Å². The Morgan fingerprint density at radius 1 is 1.38 bits per heavy atom. The van der Waals surface area contributed by atoms with Crippen molar-refractivity contribution in [3.8, 4) is 5.75 Å². The minimum atomic E-state index is 0.635. The highest BCUT2D eigenvalue weighted by Crippen LogP contribution is 2.53. The standard InChI is InChI=1S/C21H27N2O/c1-4-5-16-13-21(7-8-21)9-11-23(16)14-18-17-6-10-22-20(17)15(2)12-19(18)24-3/h4,6,10,12,22H,1,5,7-9,11,13-14H2,2-3H3/q+1. The van der Waals surface area contributed by atoms with Crippen LogP contribution in [0, 0.1) is 12.3 Å². The van der Waals surface area contributed by atoms with Gasteiger partial charge in [0.1, 0.15) is 12.3 Å². The lowest BCUT2D eigenvalue weighted by molar-refractivity contribution is -0.552. The van der Waals surface area contributed by atoms with E-state index in [1.54, 1.807) is 12.8 Å². The van der Waals surface area contributed by atoms with Crippen molar-refractivity contribution >= 4 is 16.6 Å². The molecule has 0 amide bonds. The number of hydrogen-bond acceptors (Lipinski definition) is 1. The van der Waals surface area contributed by atoms with Crippen LogP contribution in [0.15, 0.2) is 31.0 Å². The van der Waals surface area contributed by atoms with Crippen molar-refractivity contribution in [2.24, 2.45) is 5.41 Å². The van der Waals surface area contributed by atoms with Crippen molar-refractivity contribution in [2.45, 2.75) is 45.6 Å². The van der Waals surface area contributed by atoms with Crippen LogP contribution in [-0.4, -0.2) is 28.9 Å². The number of H-pyrrole nitrogens is 1. The number of ether oxygens (including phenoxy) is 1. The maximum atomic E-state index is 5.72. The van der Waals surface area contributed by atoms with Crippen molar-refractivity contribution in [3.63, 3.8) is 0 Å². The minimum Gasteiger partial charge on any atom is -0.496 e. The van der Waals surface area contributed by atoms with Gasteiger partial charge in [0.15, 0.2) is 12.3 Å². The van der Waals surface area contributed by atoms with Gasteiger partial charge in [0.25, 0.3) is 0 Å². The van der Waals surface area contributed by atoms with Gasteiger partial charge in [-0.05, 0) is 42.9 Å². The topological polar surface area (TPSA) is 28.0 Å². The number of methoxy groups -OCH3 is 1. The van der Waals surface area contributed by atoms with Gasteiger partial charge >= 0.3 is 0 Å². The number of hydrogen-bond donors (Lipinski definition) is 1. The van der Waals surface area contributed by atoms with Crippen LogP contribution in [0.1, 0.15) is 43.2 Å². The highest BCUT2D eigenvalue weighted by Gasteiger charge is 2.48. The molecule has 1 aromatic heterocycles. The van der Waals surface area contributed by atoms with Crippen LogP contribution in [0.25, 0.3) is 10.9 Å². The van der Waals surface area contributed by atoms with Gasteiger partial charge in [-0.25, -0.2) is 4.58 Å². The number of nitrogens with zero attached hydrogens (tertiary/aromatic N) is 1. The van der Waals surface area contributed by atoms with Gasteiger partial charge in [-0.2, -0.15) is 0 Å². The molecule has 1 saturated carbocycles. The fourth-order valence-corrected chi connectivity index (χ4v) is 4.30. The molecular formula is C21H27N2O+. The van der Waals surface area contributed by atoms with Crippen LogP contribution in [-0.2, 0) is 6.54 Å². The van der Waals surface area contributed by atoms with Crippen molar-refractivity contribution in [2.75, 3.05) is 13.7 Å². The Hall–Kier alpha value is -2.03. The third kappa shape index (κ3) is 2.56. The van der Waals surface area contributed by atoms with E-state index in [1.807, 2.05) is 6.20 Å². The predicted octanol–water partition coefficient (Wildman–Crippen LogP) is 4.59. The first kappa shape index (κ1) is 15.5. The van der Waals surface area contributed by atoms with Crippen LogP contribution in [0.5, 0.6) is 5.75 Å². The quantitative estimate of drug-likeness (QED) is 0.632. The molecular weight excluding hydrogens is 296 g/mol. The number of rotatable bonds is 5. The monoisotopic (exact) mass is 323 g/mol. The normalized spacial score (nSPS) is 19.1. The molecule has 3 heteroatoms. The molecule has 2 aromatic rings. The van der Waals surface area contributed by atoms with Gasteiger partial charge < -0.3 is 9.72 Å². The molecule has 2 heterocycles. The smallest absolute Gasteiger partial charge is 0.172 e. The first-order chi connectivity index (χ1) is 11.7. The average Bonchev–Trinajstić information content (AvgIpc) is 3.13. The third-order valence-electron chi connectivity index (χ3n) is 5.96. The van der Waals surface area contributed by atoms with E-state index in [-0.39, 0.29) is 0 Å². The number of benzene rings is 1. The number of nitrogens with one attached hydrogen (secondary N) is 1. The summed E-state index contributed by atoms with van der Waals surface area (Å²) in [6.07, 6.45) is 10.5. The Labute approximate surface area is 144 Å². The van der Waals surface area contributed by atoms with Crippen LogP contribution < -0.4 is 4.74 Å². The molecule has 1 aliphatic carbocycles.